The molecule has 0 unspecified atom stereocenters. The third-order valence-corrected chi connectivity index (χ3v) is 2.42. The van der Waals surface area contributed by atoms with Crippen molar-refractivity contribution >= 4 is 23.2 Å². The molecule has 4 nitrogen and oxygen atoms in total. The van der Waals surface area contributed by atoms with Crippen LogP contribution in [0.15, 0.2) is 43.0 Å². The number of imidazole rings is 1. The second-order valence-electron chi connectivity index (χ2n) is 3.47. The summed E-state index contributed by atoms with van der Waals surface area (Å²) in [6, 6.07) is 8.10. The van der Waals surface area contributed by atoms with Crippen LogP contribution in [-0.2, 0) is 0 Å². The molecule has 2 aromatic heterocycles. The van der Waals surface area contributed by atoms with E-state index in [2.05, 4.69) is 15.1 Å². The van der Waals surface area contributed by atoms with Gasteiger partial charge in [-0.2, -0.15) is 5.10 Å². The molecule has 0 fully saturated rings. The third-order valence-electron chi connectivity index (χ3n) is 2.42. The number of nitrogens with zero attached hydrogens (tertiary/aromatic N) is 3. The highest BCUT2D eigenvalue weighted by Crippen LogP contribution is 2.13. The normalized spacial score (nSPS) is 11.5. The van der Waals surface area contributed by atoms with Crippen molar-refractivity contribution < 1.29 is 0 Å². The van der Waals surface area contributed by atoms with Gasteiger partial charge in [0.1, 0.15) is 0 Å². The maximum absolute atomic E-state index is 4.29. The Morgan fingerprint density at radius 3 is 3.00 bits per heavy atom. The van der Waals surface area contributed by atoms with Crippen LogP contribution in [0.5, 0.6) is 0 Å². The summed E-state index contributed by atoms with van der Waals surface area (Å²) in [5.41, 5.74) is 2.05. The Labute approximate surface area is 92.2 Å². The first-order chi connectivity index (χ1) is 7.93. The van der Waals surface area contributed by atoms with Crippen LogP contribution in [0.3, 0.4) is 0 Å². The molecule has 0 bridgehead atoms. The zero-order chi connectivity index (χ0) is 10.8. The van der Waals surface area contributed by atoms with Crippen LogP contribution in [0.2, 0.25) is 0 Å². The molecule has 0 spiro atoms. The molecule has 0 aliphatic rings. The molecule has 78 valence electrons. The first-order valence-electron chi connectivity index (χ1n) is 5.02. The van der Waals surface area contributed by atoms with Crippen molar-refractivity contribution in [1.29, 1.82) is 0 Å². The predicted molar refractivity (Wildman–Crippen MR) is 63.5 cm³/mol. The fourth-order valence-corrected chi connectivity index (χ4v) is 1.62. The van der Waals surface area contributed by atoms with E-state index in [1.807, 2.05) is 47.4 Å². The molecule has 0 atom stereocenters. The Morgan fingerprint density at radius 1 is 1.19 bits per heavy atom. The molecule has 3 rings (SSSR count). The summed E-state index contributed by atoms with van der Waals surface area (Å²) in [4.78, 5) is 6.96. The first kappa shape index (κ1) is 8.91. The van der Waals surface area contributed by atoms with E-state index in [1.165, 1.54) is 0 Å². The second kappa shape index (κ2) is 3.66. The van der Waals surface area contributed by atoms with Gasteiger partial charge in [-0.1, -0.05) is 18.2 Å². The zero-order valence-corrected chi connectivity index (χ0v) is 8.54. The van der Waals surface area contributed by atoms with E-state index in [9.17, 15) is 0 Å². The maximum Gasteiger partial charge on any atom is 0.0924 e. The number of rotatable bonds is 2. The van der Waals surface area contributed by atoms with Crippen LogP contribution in [0.1, 0.15) is 5.69 Å². The highest BCUT2D eigenvalue weighted by atomic mass is 15.3. The van der Waals surface area contributed by atoms with Gasteiger partial charge in [0, 0.05) is 11.6 Å². The van der Waals surface area contributed by atoms with Crippen LogP contribution in [0.25, 0.3) is 23.2 Å². The summed E-state index contributed by atoms with van der Waals surface area (Å²) in [6.07, 6.45) is 9.12. The van der Waals surface area contributed by atoms with Crippen molar-refractivity contribution in [2.24, 2.45) is 0 Å². The molecule has 3 aromatic rings. The van der Waals surface area contributed by atoms with Crippen LogP contribution in [0.4, 0.5) is 0 Å². The minimum atomic E-state index is 0.958. The molecule has 16 heavy (non-hydrogen) atoms. The molecule has 0 saturated carbocycles. The molecule has 0 saturated heterocycles. The lowest BCUT2D eigenvalue weighted by Crippen LogP contribution is -1.87. The van der Waals surface area contributed by atoms with E-state index in [4.69, 9.17) is 0 Å². The van der Waals surface area contributed by atoms with Gasteiger partial charge in [0.05, 0.1) is 29.9 Å². The average molecular weight is 210 g/mol. The number of para-hydroxylation sites is 1. The molecular formula is C12H10N4. The van der Waals surface area contributed by atoms with E-state index in [0.29, 0.717) is 0 Å². The number of nitrogens with one attached hydrogen (secondary N) is 1. The van der Waals surface area contributed by atoms with Gasteiger partial charge in [0.25, 0.3) is 0 Å². The quantitative estimate of drug-likeness (QED) is 0.705. The number of fused-ring (bicyclic) bond motifs is 1. The molecular weight excluding hydrogens is 200 g/mol. The fraction of sp³-hybridized carbons (Fsp3) is 0. The molecule has 0 amide bonds. The number of hydrogen-bond donors (Lipinski definition) is 1. The van der Waals surface area contributed by atoms with Gasteiger partial charge in [-0.25, -0.2) is 9.67 Å². The van der Waals surface area contributed by atoms with Gasteiger partial charge in [-0.05, 0) is 12.1 Å². The van der Waals surface area contributed by atoms with Gasteiger partial charge >= 0.3 is 0 Å². The predicted octanol–water partition coefficient (Wildman–Crippen LogP) is 2.39. The van der Waals surface area contributed by atoms with Crippen molar-refractivity contribution in [3.63, 3.8) is 0 Å². The van der Waals surface area contributed by atoms with Gasteiger partial charge < -0.3 is 4.98 Å². The van der Waals surface area contributed by atoms with Crippen LogP contribution in [-0.4, -0.2) is 19.7 Å². The Bertz CT molecular complexity index is 619. The highest BCUT2D eigenvalue weighted by molar-refractivity contribution is 5.81. The average Bonchev–Trinajstić information content (AvgIpc) is 2.96. The summed E-state index contributed by atoms with van der Waals surface area (Å²) in [6.45, 7) is 0. The minimum Gasteiger partial charge on any atom is -0.345 e. The Balaban J connectivity index is 2.01. The number of aromatic amines is 1. The summed E-state index contributed by atoms with van der Waals surface area (Å²) < 4.78 is 1.84. The van der Waals surface area contributed by atoms with E-state index >= 15 is 0 Å². The van der Waals surface area contributed by atoms with Crippen molar-refractivity contribution in [2.45, 2.75) is 0 Å². The Hall–Kier alpha value is -2.36. The molecule has 1 N–H and O–H groups in total. The maximum atomic E-state index is 4.29. The first-order valence-corrected chi connectivity index (χ1v) is 5.02. The van der Waals surface area contributed by atoms with Crippen molar-refractivity contribution in [3.8, 4) is 0 Å². The lowest BCUT2D eigenvalue weighted by molar-refractivity contribution is 0.969. The summed E-state index contributed by atoms with van der Waals surface area (Å²) >= 11 is 0. The zero-order valence-electron chi connectivity index (χ0n) is 8.54. The molecule has 4 heteroatoms. The smallest absolute Gasteiger partial charge is 0.0924 e. The van der Waals surface area contributed by atoms with E-state index in [1.54, 1.807) is 12.5 Å². The van der Waals surface area contributed by atoms with Gasteiger partial charge in [-0.15, -0.1) is 0 Å². The lowest BCUT2D eigenvalue weighted by atomic mass is 10.3. The molecule has 0 radical (unpaired) electrons. The SMILES string of the molecule is C(=C\n1ncc2ccccc21)/c1cnc[nH]1. The topological polar surface area (TPSA) is 46.5 Å². The van der Waals surface area contributed by atoms with Gasteiger partial charge in [0.15, 0.2) is 0 Å². The largest absolute Gasteiger partial charge is 0.345 e. The van der Waals surface area contributed by atoms with Crippen LogP contribution < -0.4 is 0 Å². The molecule has 1 aromatic carbocycles. The standard InChI is InChI=1S/C12H10N4/c1-2-4-12-10(3-1)7-15-16(12)6-5-11-8-13-9-14-11/h1-9H,(H,13,14)/b6-5+. The van der Waals surface area contributed by atoms with E-state index in [-0.39, 0.29) is 0 Å². The monoisotopic (exact) mass is 210 g/mol. The van der Waals surface area contributed by atoms with Gasteiger partial charge in [0.2, 0.25) is 0 Å². The van der Waals surface area contributed by atoms with Crippen molar-refractivity contribution in [3.05, 3.63) is 48.7 Å². The number of aromatic nitrogens is 4. The molecule has 2 heterocycles. The fourth-order valence-electron chi connectivity index (χ4n) is 1.62. The summed E-state index contributed by atoms with van der Waals surface area (Å²) in [5.74, 6) is 0. The molecule has 0 aliphatic heterocycles. The van der Waals surface area contributed by atoms with Crippen LogP contribution in [0, 0.1) is 0 Å². The number of H-pyrrole nitrogens is 1. The Morgan fingerprint density at radius 2 is 2.12 bits per heavy atom. The Kier molecular flexibility index (Phi) is 2.04. The van der Waals surface area contributed by atoms with E-state index in [0.717, 1.165) is 16.6 Å². The lowest BCUT2D eigenvalue weighted by Gasteiger charge is -1.94. The van der Waals surface area contributed by atoms with Gasteiger partial charge in [-0.3, -0.25) is 0 Å². The summed E-state index contributed by atoms with van der Waals surface area (Å²) in [7, 11) is 0. The second-order valence-corrected chi connectivity index (χ2v) is 3.47. The van der Waals surface area contributed by atoms with Crippen LogP contribution >= 0.6 is 0 Å². The number of benzene rings is 1. The third kappa shape index (κ3) is 1.50. The molecule has 0 aliphatic carbocycles. The van der Waals surface area contributed by atoms with Crippen molar-refractivity contribution in [2.75, 3.05) is 0 Å². The highest BCUT2D eigenvalue weighted by Gasteiger charge is 1.97. The number of hydrogen-bond acceptors (Lipinski definition) is 2. The van der Waals surface area contributed by atoms with Crippen molar-refractivity contribution in [1.82, 2.24) is 19.7 Å². The minimum absolute atomic E-state index is 0.958. The summed E-state index contributed by atoms with van der Waals surface area (Å²) in [5, 5.41) is 5.43. The van der Waals surface area contributed by atoms with E-state index < -0.39 is 0 Å².